The van der Waals surface area contributed by atoms with Crippen molar-refractivity contribution in [1.29, 1.82) is 0 Å². The average Bonchev–Trinajstić information content (AvgIpc) is 2.82. The van der Waals surface area contributed by atoms with E-state index in [1.54, 1.807) is 39.8 Å². The molecule has 2 rings (SSSR count). The quantitative estimate of drug-likeness (QED) is 0.357. The minimum Gasteiger partial charge on any atom is -0.463 e. The molecule has 0 aliphatic carbocycles. The number of benzene rings is 1. The van der Waals surface area contributed by atoms with Crippen LogP contribution in [0.3, 0.4) is 0 Å². The van der Waals surface area contributed by atoms with Gasteiger partial charge in [-0.05, 0) is 52.5 Å². The Morgan fingerprint density at radius 2 is 1.76 bits per heavy atom. The van der Waals surface area contributed by atoms with Gasteiger partial charge in [-0.15, -0.1) is 0 Å². The zero-order valence-electron chi connectivity index (χ0n) is 22.2. The Kier molecular flexibility index (Phi) is 11.8. The average molecular weight is 517 g/mol. The minimum atomic E-state index is -0.710. The van der Waals surface area contributed by atoms with Gasteiger partial charge in [0.2, 0.25) is 11.8 Å². The number of esters is 2. The van der Waals surface area contributed by atoms with Crippen LogP contribution in [-0.4, -0.2) is 59.8 Å². The summed E-state index contributed by atoms with van der Waals surface area (Å²) >= 11 is 0. The lowest BCUT2D eigenvalue weighted by molar-refractivity contribution is -0.161. The van der Waals surface area contributed by atoms with Crippen LogP contribution in [0.15, 0.2) is 42.5 Å². The number of amides is 2. The zero-order valence-corrected chi connectivity index (χ0v) is 22.2. The topological polar surface area (TPSA) is 131 Å². The number of aliphatic hydroxyl groups excluding tert-OH is 1. The summed E-state index contributed by atoms with van der Waals surface area (Å²) in [6, 6.07) is 8.58. The van der Waals surface area contributed by atoms with Gasteiger partial charge >= 0.3 is 11.9 Å². The van der Waals surface area contributed by atoms with Crippen LogP contribution in [0.2, 0.25) is 0 Å². The highest BCUT2D eigenvalue weighted by Gasteiger charge is 2.28. The Hall–Kier alpha value is -3.20. The van der Waals surface area contributed by atoms with Gasteiger partial charge in [-0.1, -0.05) is 42.5 Å². The highest BCUT2D eigenvalue weighted by Crippen LogP contribution is 2.19. The normalized spacial score (nSPS) is 22.9. The SMILES string of the molecule is C[C@H]1COC(=O)[C@H](CC(=O)OC(C)(C)C)C/C=C\C[C@@H](CC(=O)N[C@H](CO)Cc2ccccc2)C(=O)N1. The standard InChI is InChI=1S/C28H40N2O7/c1-19-18-36-27(35)22(16-25(33)37-28(2,3)4)13-9-8-12-21(26(34)29-19)15-24(32)30-23(17-31)14-20-10-6-5-7-11-20/h5-11,19,21-23,31H,12-18H2,1-4H3,(H,29,34)(H,30,32)/b9-8-/t19-,21-,22-,23-/m0/s1. The summed E-state index contributed by atoms with van der Waals surface area (Å²) < 4.78 is 10.7. The van der Waals surface area contributed by atoms with E-state index in [4.69, 9.17) is 9.47 Å². The summed E-state index contributed by atoms with van der Waals surface area (Å²) in [6.07, 6.45) is 4.30. The number of cyclic esters (lactones) is 1. The zero-order chi connectivity index (χ0) is 27.4. The van der Waals surface area contributed by atoms with Gasteiger partial charge in [-0.2, -0.15) is 0 Å². The fourth-order valence-electron chi connectivity index (χ4n) is 3.95. The Bertz CT molecular complexity index is 940. The molecule has 37 heavy (non-hydrogen) atoms. The second kappa shape index (κ2) is 14.5. The first-order valence-electron chi connectivity index (χ1n) is 12.7. The Balaban J connectivity index is 2.04. The van der Waals surface area contributed by atoms with Crippen molar-refractivity contribution in [3.8, 4) is 0 Å². The van der Waals surface area contributed by atoms with E-state index in [1.165, 1.54) is 0 Å². The number of hydrogen-bond acceptors (Lipinski definition) is 7. The molecule has 1 aliphatic rings. The number of carbonyl (C=O) groups is 4. The lowest BCUT2D eigenvalue weighted by atomic mass is 9.96. The van der Waals surface area contributed by atoms with Crippen molar-refractivity contribution in [2.75, 3.05) is 13.2 Å². The summed E-state index contributed by atoms with van der Waals surface area (Å²) in [5.41, 5.74) is 0.322. The van der Waals surface area contributed by atoms with E-state index in [0.717, 1.165) is 5.56 Å². The molecule has 0 radical (unpaired) electrons. The highest BCUT2D eigenvalue weighted by atomic mass is 16.6. The number of allylic oxidation sites excluding steroid dienone is 2. The molecule has 0 unspecified atom stereocenters. The van der Waals surface area contributed by atoms with Crippen molar-refractivity contribution in [2.24, 2.45) is 11.8 Å². The molecule has 0 spiro atoms. The molecule has 0 aromatic heterocycles. The van der Waals surface area contributed by atoms with Crippen molar-refractivity contribution >= 4 is 23.8 Å². The molecule has 0 bridgehead atoms. The Labute approximate surface area is 219 Å². The van der Waals surface area contributed by atoms with Crippen LogP contribution in [0.25, 0.3) is 0 Å². The lowest BCUT2D eigenvalue weighted by Crippen LogP contribution is -2.44. The molecule has 0 saturated carbocycles. The summed E-state index contributed by atoms with van der Waals surface area (Å²) in [4.78, 5) is 50.5. The van der Waals surface area contributed by atoms with E-state index < -0.39 is 41.5 Å². The monoisotopic (exact) mass is 516 g/mol. The smallest absolute Gasteiger partial charge is 0.309 e. The first-order valence-corrected chi connectivity index (χ1v) is 12.7. The summed E-state index contributed by atoms with van der Waals surface area (Å²) in [7, 11) is 0. The van der Waals surface area contributed by atoms with E-state index in [9.17, 15) is 24.3 Å². The third kappa shape index (κ3) is 11.6. The molecule has 1 aromatic rings. The number of aliphatic hydroxyl groups is 1. The van der Waals surface area contributed by atoms with E-state index in [1.807, 2.05) is 30.3 Å². The molecule has 9 nitrogen and oxygen atoms in total. The van der Waals surface area contributed by atoms with E-state index in [-0.39, 0.29) is 50.7 Å². The maximum Gasteiger partial charge on any atom is 0.309 e. The maximum absolute atomic E-state index is 12.9. The molecular formula is C28H40N2O7. The van der Waals surface area contributed by atoms with Gasteiger partial charge in [0.25, 0.3) is 0 Å². The molecule has 3 N–H and O–H groups in total. The largest absolute Gasteiger partial charge is 0.463 e. The van der Waals surface area contributed by atoms with Gasteiger partial charge in [0, 0.05) is 6.42 Å². The van der Waals surface area contributed by atoms with Crippen molar-refractivity contribution in [2.45, 2.75) is 77.5 Å². The molecule has 1 aliphatic heterocycles. The van der Waals surface area contributed by atoms with E-state index >= 15 is 0 Å². The predicted molar refractivity (Wildman–Crippen MR) is 138 cm³/mol. The molecule has 2 amide bonds. The summed E-state index contributed by atoms with van der Waals surface area (Å²) in [5, 5.41) is 15.3. The van der Waals surface area contributed by atoms with Gasteiger partial charge in [0.05, 0.1) is 36.9 Å². The van der Waals surface area contributed by atoms with Crippen LogP contribution < -0.4 is 10.6 Å². The van der Waals surface area contributed by atoms with Crippen molar-refractivity contribution in [3.63, 3.8) is 0 Å². The molecule has 1 heterocycles. The van der Waals surface area contributed by atoms with Gasteiger partial charge in [-0.3, -0.25) is 19.2 Å². The van der Waals surface area contributed by atoms with Crippen molar-refractivity contribution in [1.82, 2.24) is 10.6 Å². The van der Waals surface area contributed by atoms with E-state index in [0.29, 0.717) is 6.42 Å². The number of carbonyl (C=O) groups excluding carboxylic acids is 4. The molecule has 9 heteroatoms. The van der Waals surface area contributed by atoms with E-state index in [2.05, 4.69) is 10.6 Å². The molecule has 204 valence electrons. The fourth-order valence-corrected chi connectivity index (χ4v) is 3.95. The molecule has 4 atom stereocenters. The fraction of sp³-hybridized carbons (Fsp3) is 0.571. The maximum atomic E-state index is 12.9. The second-order valence-corrected chi connectivity index (χ2v) is 10.5. The molecule has 0 saturated heterocycles. The molecule has 1 aromatic carbocycles. The Morgan fingerprint density at radius 3 is 2.38 bits per heavy atom. The van der Waals surface area contributed by atoms with Crippen LogP contribution in [0.1, 0.15) is 58.9 Å². The Morgan fingerprint density at radius 1 is 1.11 bits per heavy atom. The van der Waals surface area contributed by atoms with Crippen molar-refractivity contribution < 1.29 is 33.8 Å². The van der Waals surface area contributed by atoms with Crippen LogP contribution in [-0.2, 0) is 35.1 Å². The summed E-state index contributed by atoms with van der Waals surface area (Å²) in [5.74, 6) is -3.02. The first kappa shape index (κ1) is 30.0. The van der Waals surface area contributed by atoms with Gasteiger partial charge in [-0.25, -0.2) is 0 Å². The van der Waals surface area contributed by atoms with Gasteiger partial charge in [0.1, 0.15) is 12.2 Å². The van der Waals surface area contributed by atoms with Crippen LogP contribution in [0.4, 0.5) is 0 Å². The lowest BCUT2D eigenvalue weighted by Gasteiger charge is -2.23. The van der Waals surface area contributed by atoms with Crippen molar-refractivity contribution in [3.05, 3.63) is 48.0 Å². The van der Waals surface area contributed by atoms with Crippen LogP contribution in [0.5, 0.6) is 0 Å². The third-order valence-electron chi connectivity index (χ3n) is 5.75. The molecular weight excluding hydrogens is 476 g/mol. The van der Waals surface area contributed by atoms with Gasteiger partial charge < -0.3 is 25.2 Å². The van der Waals surface area contributed by atoms with Crippen LogP contribution in [0, 0.1) is 11.8 Å². The number of ether oxygens (including phenoxy) is 2. The minimum absolute atomic E-state index is 0.0539. The molecule has 0 fully saturated rings. The predicted octanol–water partition coefficient (Wildman–Crippen LogP) is 2.46. The second-order valence-electron chi connectivity index (χ2n) is 10.5. The highest BCUT2D eigenvalue weighted by molar-refractivity contribution is 5.86. The number of nitrogens with one attached hydrogen (secondary N) is 2. The first-order chi connectivity index (χ1) is 17.5. The number of rotatable bonds is 8. The number of hydrogen-bond donors (Lipinski definition) is 3. The third-order valence-corrected chi connectivity index (χ3v) is 5.75. The van der Waals surface area contributed by atoms with Crippen LogP contribution >= 0.6 is 0 Å². The van der Waals surface area contributed by atoms with Gasteiger partial charge in [0.15, 0.2) is 0 Å². The summed E-state index contributed by atoms with van der Waals surface area (Å²) in [6.45, 7) is 6.70.